The Bertz CT molecular complexity index is 310. The molecule has 0 radical (unpaired) electrons. The predicted molar refractivity (Wildman–Crippen MR) is 68.3 cm³/mol. The largest absolute Gasteiger partial charge is 0.315 e. The molecule has 1 N–H and O–H groups in total. The summed E-state index contributed by atoms with van der Waals surface area (Å²) in [6.45, 7) is 5.84. The van der Waals surface area contributed by atoms with Gasteiger partial charge in [0.05, 0.1) is 0 Å². The Morgan fingerprint density at radius 2 is 2.06 bits per heavy atom. The molecule has 0 saturated carbocycles. The fraction of sp³-hybridized carbons (Fsp3) is 0.571. The summed E-state index contributed by atoms with van der Waals surface area (Å²) in [4.78, 5) is 2.55. The third-order valence-corrected chi connectivity index (χ3v) is 3.66. The normalized spacial score (nSPS) is 26.9. The summed E-state index contributed by atoms with van der Waals surface area (Å²) in [5.41, 5.74) is 1.42. The number of nitrogens with one attached hydrogen (secondary N) is 1. The smallest absolute Gasteiger partial charge is 0.0234 e. The molecule has 2 nitrogen and oxygen atoms in total. The average Bonchev–Trinajstić information content (AvgIpc) is 2.33. The van der Waals surface area contributed by atoms with Crippen molar-refractivity contribution < 1.29 is 0 Å². The van der Waals surface area contributed by atoms with Crippen molar-refractivity contribution in [1.82, 2.24) is 10.2 Å². The van der Waals surface area contributed by atoms with Gasteiger partial charge in [0.2, 0.25) is 0 Å². The fourth-order valence-corrected chi connectivity index (χ4v) is 2.50. The van der Waals surface area contributed by atoms with Crippen molar-refractivity contribution in [2.75, 3.05) is 20.1 Å². The van der Waals surface area contributed by atoms with Gasteiger partial charge in [-0.05, 0) is 31.5 Å². The molecule has 1 aromatic rings. The topological polar surface area (TPSA) is 15.3 Å². The van der Waals surface area contributed by atoms with Gasteiger partial charge in [0, 0.05) is 19.1 Å². The van der Waals surface area contributed by atoms with E-state index in [1.54, 1.807) is 0 Å². The third-order valence-electron chi connectivity index (χ3n) is 3.66. The van der Waals surface area contributed by atoms with E-state index in [2.05, 4.69) is 54.5 Å². The van der Waals surface area contributed by atoms with Crippen LogP contribution in [-0.2, 0) is 6.54 Å². The maximum absolute atomic E-state index is 3.43. The molecular weight excluding hydrogens is 196 g/mol. The predicted octanol–water partition coefficient (Wildman–Crippen LogP) is 2.12. The van der Waals surface area contributed by atoms with E-state index in [-0.39, 0.29) is 0 Å². The van der Waals surface area contributed by atoms with E-state index in [4.69, 9.17) is 0 Å². The molecule has 0 spiro atoms. The minimum absolute atomic E-state index is 0.650. The molecule has 1 aliphatic rings. The van der Waals surface area contributed by atoms with Crippen LogP contribution in [0.3, 0.4) is 0 Å². The van der Waals surface area contributed by atoms with Crippen LogP contribution in [0.1, 0.15) is 18.9 Å². The van der Waals surface area contributed by atoms with Crippen LogP contribution in [0.4, 0.5) is 0 Å². The molecule has 0 aliphatic carbocycles. The Morgan fingerprint density at radius 3 is 2.75 bits per heavy atom. The van der Waals surface area contributed by atoms with Gasteiger partial charge in [-0.2, -0.15) is 0 Å². The first-order valence-electron chi connectivity index (χ1n) is 6.23. The van der Waals surface area contributed by atoms with Crippen molar-refractivity contribution in [3.05, 3.63) is 35.9 Å². The molecule has 2 heteroatoms. The maximum atomic E-state index is 3.43. The summed E-state index contributed by atoms with van der Waals surface area (Å²) in [5, 5.41) is 3.43. The molecule has 1 heterocycles. The number of likely N-dealkylation sites (N-methyl/N-ethyl adjacent to an activating group) is 1. The van der Waals surface area contributed by atoms with Crippen molar-refractivity contribution in [2.45, 2.75) is 25.9 Å². The summed E-state index contributed by atoms with van der Waals surface area (Å²) < 4.78 is 0. The molecule has 88 valence electrons. The van der Waals surface area contributed by atoms with Crippen molar-refractivity contribution in [2.24, 2.45) is 5.92 Å². The minimum atomic E-state index is 0.650. The molecule has 2 atom stereocenters. The highest BCUT2D eigenvalue weighted by atomic mass is 15.2. The van der Waals surface area contributed by atoms with Crippen molar-refractivity contribution in [3.8, 4) is 0 Å². The van der Waals surface area contributed by atoms with Crippen LogP contribution in [0.15, 0.2) is 30.3 Å². The molecule has 0 amide bonds. The maximum Gasteiger partial charge on any atom is 0.0234 e. The van der Waals surface area contributed by atoms with E-state index >= 15 is 0 Å². The van der Waals surface area contributed by atoms with Gasteiger partial charge in [0.1, 0.15) is 0 Å². The second kappa shape index (κ2) is 5.46. The monoisotopic (exact) mass is 218 g/mol. The summed E-state index contributed by atoms with van der Waals surface area (Å²) in [7, 11) is 2.08. The van der Waals surface area contributed by atoms with Crippen LogP contribution < -0.4 is 5.32 Å². The van der Waals surface area contributed by atoms with E-state index in [1.807, 2.05) is 0 Å². The number of rotatable bonds is 3. The summed E-state index contributed by atoms with van der Waals surface area (Å²) in [6, 6.07) is 11.4. The van der Waals surface area contributed by atoms with Gasteiger partial charge < -0.3 is 5.32 Å². The zero-order valence-corrected chi connectivity index (χ0v) is 10.3. The van der Waals surface area contributed by atoms with Crippen LogP contribution in [0.5, 0.6) is 0 Å². The van der Waals surface area contributed by atoms with Crippen LogP contribution >= 0.6 is 0 Å². The number of hydrogen-bond acceptors (Lipinski definition) is 2. The molecule has 16 heavy (non-hydrogen) atoms. The van der Waals surface area contributed by atoms with Crippen molar-refractivity contribution >= 4 is 0 Å². The lowest BCUT2D eigenvalue weighted by molar-refractivity contribution is 0.147. The number of hydrogen-bond donors (Lipinski definition) is 1. The first kappa shape index (κ1) is 11.6. The lowest BCUT2D eigenvalue weighted by Gasteiger charge is -2.37. The van der Waals surface area contributed by atoms with E-state index < -0.39 is 0 Å². The quantitative estimate of drug-likeness (QED) is 0.836. The van der Waals surface area contributed by atoms with Gasteiger partial charge in [-0.3, -0.25) is 4.90 Å². The first-order valence-corrected chi connectivity index (χ1v) is 6.23. The summed E-state index contributed by atoms with van der Waals surface area (Å²) >= 11 is 0. The minimum Gasteiger partial charge on any atom is -0.315 e. The number of piperidine rings is 1. The molecule has 1 aliphatic heterocycles. The highest BCUT2D eigenvalue weighted by Gasteiger charge is 2.24. The number of nitrogens with zero attached hydrogens (tertiary/aromatic N) is 1. The Balaban J connectivity index is 1.92. The Kier molecular flexibility index (Phi) is 3.97. The lowest BCUT2D eigenvalue weighted by atomic mass is 9.93. The van der Waals surface area contributed by atoms with Gasteiger partial charge in [-0.25, -0.2) is 0 Å². The number of benzene rings is 1. The molecular formula is C14H22N2. The highest BCUT2D eigenvalue weighted by Crippen LogP contribution is 2.18. The van der Waals surface area contributed by atoms with Crippen LogP contribution in [-0.4, -0.2) is 31.1 Å². The van der Waals surface area contributed by atoms with Gasteiger partial charge in [0.15, 0.2) is 0 Å². The van der Waals surface area contributed by atoms with Gasteiger partial charge in [-0.1, -0.05) is 37.3 Å². The fourth-order valence-electron chi connectivity index (χ4n) is 2.50. The summed E-state index contributed by atoms with van der Waals surface area (Å²) in [5.74, 6) is 0.803. The molecule has 2 rings (SSSR count). The first-order chi connectivity index (χ1) is 7.79. The lowest BCUT2D eigenvalue weighted by Crippen LogP contribution is -2.48. The Hall–Kier alpha value is -0.860. The Labute approximate surface area is 98.7 Å². The molecule has 0 aromatic heterocycles. The molecule has 1 fully saturated rings. The third kappa shape index (κ3) is 2.83. The molecule has 0 bridgehead atoms. The second-order valence-corrected chi connectivity index (χ2v) is 4.88. The van der Waals surface area contributed by atoms with Crippen molar-refractivity contribution in [1.29, 1.82) is 0 Å². The number of likely N-dealkylation sites (tertiary alicyclic amines) is 1. The van der Waals surface area contributed by atoms with Crippen LogP contribution in [0.25, 0.3) is 0 Å². The summed E-state index contributed by atoms with van der Waals surface area (Å²) in [6.07, 6.45) is 1.30. The molecule has 1 unspecified atom stereocenters. The SMILES string of the molecule is CNC1CN(Cc2ccccc2)CC[C@H]1C. The van der Waals surface area contributed by atoms with Gasteiger partial charge >= 0.3 is 0 Å². The van der Waals surface area contributed by atoms with E-state index in [9.17, 15) is 0 Å². The second-order valence-electron chi connectivity index (χ2n) is 4.88. The van der Waals surface area contributed by atoms with Gasteiger partial charge in [0.25, 0.3) is 0 Å². The van der Waals surface area contributed by atoms with E-state index in [0.29, 0.717) is 6.04 Å². The van der Waals surface area contributed by atoms with Crippen LogP contribution in [0.2, 0.25) is 0 Å². The molecule has 1 aromatic carbocycles. The zero-order valence-electron chi connectivity index (χ0n) is 10.3. The van der Waals surface area contributed by atoms with E-state index in [1.165, 1.54) is 25.1 Å². The zero-order chi connectivity index (χ0) is 11.4. The Morgan fingerprint density at radius 1 is 1.31 bits per heavy atom. The average molecular weight is 218 g/mol. The van der Waals surface area contributed by atoms with Crippen LogP contribution in [0, 0.1) is 5.92 Å². The van der Waals surface area contributed by atoms with E-state index in [0.717, 1.165) is 12.5 Å². The highest BCUT2D eigenvalue weighted by molar-refractivity contribution is 5.14. The van der Waals surface area contributed by atoms with Crippen molar-refractivity contribution in [3.63, 3.8) is 0 Å². The molecule has 1 saturated heterocycles. The standard InChI is InChI=1S/C14H22N2/c1-12-8-9-16(11-14(12)15-2)10-13-6-4-3-5-7-13/h3-7,12,14-15H,8-11H2,1-2H3/t12-,14?/m1/s1. The van der Waals surface area contributed by atoms with Gasteiger partial charge in [-0.15, -0.1) is 0 Å².